The molecule has 0 saturated carbocycles. The second kappa shape index (κ2) is 7.57. The van der Waals surface area contributed by atoms with Crippen molar-refractivity contribution in [2.24, 2.45) is 0 Å². The van der Waals surface area contributed by atoms with Gasteiger partial charge in [-0.05, 0) is 23.3 Å². The van der Waals surface area contributed by atoms with Crippen molar-refractivity contribution in [3.05, 3.63) is 59.7 Å². The van der Waals surface area contributed by atoms with E-state index in [0.717, 1.165) is 11.1 Å². The van der Waals surface area contributed by atoms with E-state index >= 15 is 0 Å². The van der Waals surface area contributed by atoms with Crippen LogP contribution in [0.5, 0.6) is 0 Å². The van der Waals surface area contributed by atoms with Crippen molar-refractivity contribution in [3.8, 4) is 0 Å². The van der Waals surface area contributed by atoms with Gasteiger partial charge in [-0.1, -0.05) is 43.3 Å². The molecule has 1 aromatic heterocycles. The molecule has 2 aromatic carbocycles. The van der Waals surface area contributed by atoms with Crippen LogP contribution in [0.1, 0.15) is 30.5 Å². The smallest absolute Gasteiger partial charge is 0.333 e. The van der Waals surface area contributed by atoms with Gasteiger partial charge < -0.3 is 10.1 Å². The van der Waals surface area contributed by atoms with Crippen molar-refractivity contribution in [1.82, 2.24) is 20.7 Å². The Morgan fingerprint density at radius 3 is 2.64 bits per heavy atom. The lowest BCUT2D eigenvalue weighted by atomic mass is 10.1. The molecule has 3 rings (SSSR count). The number of H-pyrrole nitrogens is 1. The first kappa shape index (κ1) is 16.6. The van der Waals surface area contributed by atoms with Gasteiger partial charge in [0.25, 0.3) is 0 Å². The monoisotopic (exact) mass is 338 g/mol. The molecule has 0 aliphatic rings. The first-order chi connectivity index (χ1) is 12.2. The summed E-state index contributed by atoms with van der Waals surface area (Å²) in [6.45, 7) is 1.82. The fraction of sp³-hybridized carbons (Fsp3) is 0.222. The molecule has 128 valence electrons. The number of hydrogen-bond donors (Lipinski definition) is 2. The standard InChI is InChI=1S/C18H18N4O3/c1-2-16(23)19-17(13-6-4-3-5-7-13)18(24)25-11-12-8-9-14-15(10-12)21-22-20-14/h3-10,17H,2,11H2,1H3,(H,19,23)(H,20,21,22)/t17-/m1/s1. The fourth-order valence-corrected chi connectivity index (χ4v) is 2.40. The zero-order valence-corrected chi connectivity index (χ0v) is 13.7. The third-order valence-corrected chi connectivity index (χ3v) is 3.76. The third-order valence-electron chi connectivity index (χ3n) is 3.76. The molecule has 0 spiro atoms. The highest BCUT2D eigenvalue weighted by molar-refractivity contribution is 5.85. The molecule has 0 fully saturated rings. The number of hydrogen-bond acceptors (Lipinski definition) is 5. The summed E-state index contributed by atoms with van der Waals surface area (Å²) < 4.78 is 5.40. The minimum Gasteiger partial charge on any atom is -0.459 e. The number of nitrogens with one attached hydrogen (secondary N) is 2. The topological polar surface area (TPSA) is 97.0 Å². The summed E-state index contributed by atoms with van der Waals surface area (Å²) in [6.07, 6.45) is 0.291. The molecule has 0 bridgehead atoms. The van der Waals surface area contributed by atoms with E-state index in [-0.39, 0.29) is 12.5 Å². The zero-order valence-electron chi connectivity index (χ0n) is 13.7. The molecule has 0 saturated heterocycles. The van der Waals surface area contributed by atoms with E-state index in [1.54, 1.807) is 31.2 Å². The molecule has 25 heavy (non-hydrogen) atoms. The van der Waals surface area contributed by atoms with E-state index in [1.807, 2.05) is 24.3 Å². The van der Waals surface area contributed by atoms with Gasteiger partial charge in [0, 0.05) is 6.42 Å². The van der Waals surface area contributed by atoms with Crippen molar-refractivity contribution >= 4 is 22.9 Å². The number of rotatable bonds is 6. The predicted octanol–water partition coefficient (Wildman–Crippen LogP) is 2.27. The molecule has 1 atom stereocenters. The molecule has 1 heterocycles. The van der Waals surface area contributed by atoms with Gasteiger partial charge in [-0.3, -0.25) is 4.79 Å². The van der Waals surface area contributed by atoms with E-state index in [9.17, 15) is 9.59 Å². The van der Waals surface area contributed by atoms with E-state index in [2.05, 4.69) is 20.7 Å². The molecule has 0 aliphatic carbocycles. The maximum atomic E-state index is 12.5. The van der Waals surface area contributed by atoms with Crippen molar-refractivity contribution in [1.29, 1.82) is 0 Å². The SMILES string of the molecule is CCC(=O)N[C@@H](C(=O)OCc1ccc2n[nH]nc2c1)c1ccccc1. The lowest BCUT2D eigenvalue weighted by Gasteiger charge is -2.17. The van der Waals surface area contributed by atoms with Crippen LogP contribution in [0.3, 0.4) is 0 Å². The van der Waals surface area contributed by atoms with Gasteiger partial charge >= 0.3 is 5.97 Å². The molecule has 0 radical (unpaired) electrons. The van der Waals surface area contributed by atoms with Crippen LogP contribution < -0.4 is 5.32 Å². The Hall–Kier alpha value is -3.22. The van der Waals surface area contributed by atoms with E-state index in [1.165, 1.54) is 0 Å². The van der Waals surface area contributed by atoms with Gasteiger partial charge in [0.05, 0.1) is 0 Å². The largest absolute Gasteiger partial charge is 0.459 e. The van der Waals surface area contributed by atoms with Crippen LogP contribution >= 0.6 is 0 Å². The molecule has 0 unspecified atom stereocenters. The van der Waals surface area contributed by atoms with Gasteiger partial charge in [-0.15, -0.1) is 0 Å². The summed E-state index contributed by atoms with van der Waals surface area (Å²) in [4.78, 5) is 24.3. The van der Waals surface area contributed by atoms with Crippen molar-refractivity contribution in [2.45, 2.75) is 26.0 Å². The number of ether oxygens (including phenoxy) is 1. The van der Waals surface area contributed by atoms with Crippen LogP contribution in [0.4, 0.5) is 0 Å². The number of aromatic amines is 1. The second-order valence-corrected chi connectivity index (χ2v) is 5.52. The molecule has 2 N–H and O–H groups in total. The summed E-state index contributed by atoms with van der Waals surface area (Å²) in [5.41, 5.74) is 2.92. The Bertz CT molecular complexity index is 876. The van der Waals surface area contributed by atoms with E-state index in [4.69, 9.17) is 4.74 Å². The number of esters is 1. The number of carbonyl (C=O) groups is 2. The highest BCUT2D eigenvalue weighted by Crippen LogP contribution is 2.17. The zero-order chi connectivity index (χ0) is 17.6. The normalized spacial score (nSPS) is 11.9. The quantitative estimate of drug-likeness (QED) is 0.672. The van der Waals surface area contributed by atoms with Crippen molar-refractivity contribution < 1.29 is 14.3 Å². The van der Waals surface area contributed by atoms with E-state index < -0.39 is 12.0 Å². The summed E-state index contributed by atoms with van der Waals surface area (Å²) in [7, 11) is 0. The molecule has 1 amide bonds. The number of aromatic nitrogens is 3. The number of carbonyl (C=O) groups excluding carboxylic acids is 2. The van der Waals surface area contributed by atoms with Crippen LogP contribution in [0.15, 0.2) is 48.5 Å². The number of amides is 1. The summed E-state index contributed by atoms with van der Waals surface area (Å²) >= 11 is 0. The fourth-order valence-electron chi connectivity index (χ4n) is 2.40. The van der Waals surface area contributed by atoms with Gasteiger partial charge in [0.2, 0.25) is 5.91 Å². The first-order valence-electron chi connectivity index (χ1n) is 7.97. The van der Waals surface area contributed by atoms with Crippen LogP contribution in [0, 0.1) is 0 Å². The Kier molecular flexibility index (Phi) is 5.03. The molecular weight excluding hydrogens is 320 g/mol. The first-order valence-corrected chi connectivity index (χ1v) is 7.97. The van der Waals surface area contributed by atoms with Crippen LogP contribution in [0.2, 0.25) is 0 Å². The minimum absolute atomic E-state index is 0.0902. The van der Waals surface area contributed by atoms with Gasteiger partial charge in [0.15, 0.2) is 6.04 Å². The molecule has 7 nitrogen and oxygen atoms in total. The lowest BCUT2D eigenvalue weighted by molar-refractivity contribution is -0.149. The maximum Gasteiger partial charge on any atom is 0.333 e. The highest BCUT2D eigenvalue weighted by atomic mass is 16.5. The number of fused-ring (bicyclic) bond motifs is 1. The summed E-state index contributed by atoms with van der Waals surface area (Å²) in [5, 5.41) is 13.2. The Morgan fingerprint density at radius 2 is 1.88 bits per heavy atom. The van der Waals surface area contributed by atoms with Gasteiger partial charge in [-0.25, -0.2) is 4.79 Å². The van der Waals surface area contributed by atoms with Crippen LogP contribution in [0.25, 0.3) is 11.0 Å². The number of benzene rings is 2. The average molecular weight is 338 g/mol. The maximum absolute atomic E-state index is 12.5. The second-order valence-electron chi connectivity index (χ2n) is 5.52. The van der Waals surface area contributed by atoms with E-state index in [0.29, 0.717) is 17.5 Å². The summed E-state index contributed by atoms with van der Waals surface area (Å²) in [5.74, 6) is -0.719. The average Bonchev–Trinajstić information content (AvgIpc) is 3.12. The molecule has 3 aromatic rings. The molecule has 7 heteroatoms. The van der Waals surface area contributed by atoms with Gasteiger partial charge in [-0.2, -0.15) is 15.4 Å². The third kappa shape index (κ3) is 4.00. The van der Waals surface area contributed by atoms with Crippen LogP contribution in [-0.2, 0) is 20.9 Å². The Morgan fingerprint density at radius 1 is 1.12 bits per heavy atom. The van der Waals surface area contributed by atoms with Crippen LogP contribution in [-0.4, -0.2) is 27.3 Å². The van der Waals surface area contributed by atoms with Crippen molar-refractivity contribution in [2.75, 3.05) is 0 Å². The molecule has 0 aliphatic heterocycles. The minimum atomic E-state index is -0.829. The Balaban J connectivity index is 1.72. The van der Waals surface area contributed by atoms with Gasteiger partial charge in [0.1, 0.15) is 17.6 Å². The molecular formula is C18H18N4O3. The Labute approximate surface area is 144 Å². The lowest BCUT2D eigenvalue weighted by Crippen LogP contribution is -2.34. The number of nitrogens with zero attached hydrogens (tertiary/aromatic N) is 2. The highest BCUT2D eigenvalue weighted by Gasteiger charge is 2.23. The van der Waals surface area contributed by atoms with Crippen molar-refractivity contribution in [3.63, 3.8) is 0 Å². The predicted molar refractivity (Wildman–Crippen MR) is 91.3 cm³/mol. The summed E-state index contributed by atoms with van der Waals surface area (Å²) in [6, 6.07) is 13.6.